The molecule has 1 aliphatic heterocycles. The molecule has 1 fully saturated rings. The first-order chi connectivity index (χ1) is 16.7. The van der Waals surface area contributed by atoms with E-state index in [2.05, 4.69) is 5.10 Å². The van der Waals surface area contributed by atoms with E-state index in [1.54, 1.807) is 23.1 Å². The van der Waals surface area contributed by atoms with Gasteiger partial charge in [-0.15, -0.1) is 0 Å². The molecule has 2 heterocycles. The Morgan fingerprint density at radius 3 is 2.60 bits per heavy atom. The number of benzene rings is 2. The number of β-amino-alcohol motifs (C(OH)–C–C–N with tert-alkyl or cyclic N) is 1. The highest BCUT2D eigenvalue weighted by molar-refractivity contribution is 6.32. The summed E-state index contributed by atoms with van der Waals surface area (Å²) in [6, 6.07) is 8.70. The molecule has 2 aliphatic rings. The Labute approximate surface area is 204 Å². The number of anilines is 1. The quantitative estimate of drug-likeness (QED) is 0.559. The van der Waals surface area contributed by atoms with Crippen molar-refractivity contribution in [3.8, 4) is 22.7 Å². The largest absolute Gasteiger partial charge is 0.495 e. The molecule has 5 rings (SSSR count). The summed E-state index contributed by atoms with van der Waals surface area (Å²) in [5, 5.41) is 14.8. The molecule has 1 aromatic heterocycles. The second kappa shape index (κ2) is 8.87. The van der Waals surface area contributed by atoms with E-state index in [0.717, 1.165) is 16.3 Å². The van der Waals surface area contributed by atoms with E-state index in [-0.39, 0.29) is 5.69 Å². The van der Waals surface area contributed by atoms with Crippen molar-refractivity contribution in [3.05, 3.63) is 68.5 Å². The summed E-state index contributed by atoms with van der Waals surface area (Å²) >= 11 is 6.17. The molecule has 0 radical (unpaired) electrons. The number of methoxy groups -OCH3 is 1. The number of alkyl halides is 3. The molecule has 3 aromatic rings. The van der Waals surface area contributed by atoms with Gasteiger partial charge >= 0.3 is 6.18 Å². The predicted molar refractivity (Wildman–Crippen MR) is 127 cm³/mol. The Kier molecular flexibility index (Phi) is 6.01. The van der Waals surface area contributed by atoms with Gasteiger partial charge in [0.15, 0.2) is 0 Å². The van der Waals surface area contributed by atoms with Crippen molar-refractivity contribution in [1.29, 1.82) is 0 Å². The van der Waals surface area contributed by atoms with Crippen LogP contribution in [0.2, 0.25) is 5.02 Å². The third-order valence-electron chi connectivity index (χ3n) is 6.62. The van der Waals surface area contributed by atoms with Crippen LogP contribution in [0.3, 0.4) is 0 Å². The molecular formula is C25H23ClF3N3O3. The van der Waals surface area contributed by atoms with Crippen molar-refractivity contribution < 1.29 is 23.0 Å². The number of aromatic nitrogens is 2. The monoisotopic (exact) mass is 505 g/mol. The zero-order valence-electron chi connectivity index (χ0n) is 18.9. The summed E-state index contributed by atoms with van der Waals surface area (Å²) in [6.07, 6.45) is -2.93. The van der Waals surface area contributed by atoms with Gasteiger partial charge in [-0.25, -0.2) is 0 Å². The first-order valence-corrected chi connectivity index (χ1v) is 11.7. The van der Waals surface area contributed by atoms with Gasteiger partial charge in [0.05, 0.1) is 35.2 Å². The number of ether oxygens (including phenoxy) is 1. The molecule has 1 N–H and O–H groups in total. The van der Waals surface area contributed by atoms with Gasteiger partial charge in [-0.1, -0.05) is 17.7 Å². The summed E-state index contributed by atoms with van der Waals surface area (Å²) in [6.45, 7) is 0.821. The van der Waals surface area contributed by atoms with E-state index in [1.807, 2.05) is 0 Å². The van der Waals surface area contributed by atoms with Crippen molar-refractivity contribution in [2.75, 3.05) is 25.1 Å². The van der Waals surface area contributed by atoms with Crippen LogP contribution in [0.1, 0.15) is 29.5 Å². The topological polar surface area (TPSA) is 67.6 Å². The SMILES string of the molecule is COc1cc(-c2nn(-c3cc(N4CCC(O)C4)ccc3C(F)(F)F)c(=O)c3c2CCC3)ccc1Cl. The van der Waals surface area contributed by atoms with Crippen LogP contribution in [0.15, 0.2) is 41.2 Å². The minimum Gasteiger partial charge on any atom is -0.495 e. The van der Waals surface area contributed by atoms with E-state index in [0.29, 0.717) is 72.1 Å². The number of nitrogens with zero attached hydrogens (tertiary/aromatic N) is 3. The standard InChI is InChI=1S/C25H23ClF3N3O3/c1-35-22-11-14(5-8-20(22)26)23-17-3-2-4-18(17)24(34)32(30-23)21-12-15(31-10-9-16(33)13-31)6-7-19(21)25(27,28)29/h5-8,11-12,16,33H,2-4,9-10,13H2,1H3. The lowest BCUT2D eigenvalue weighted by Gasteiger charge is -2.22. The number of aliphatic hydroxyl groups excluding tert-OH is 1. The molecular weight excluding hydrogens is 483 g/mol. The van der Waals surface area contributed by atoms with E-state index in [4.69, 9.17) is 16.3 Å². The maximum atomic E-state index is 14.0. The summed E-state index contributed by atoms with van der Waals surface area (Å²) in [5.41, 5.74) is 0.904. The molecule has 10 heteroatoms. The van der Waals surface area contributed by atoms with Gasteiger partial charge in [0.1, 0.15) is 5.75 Å². The Bertz CT molecular complexity index is 1360. The van der Waals surface area contributed by atoms with Crippen molar-refractivity contribution >= 4 is 17.3 Å². The molecule has 1 aliphatic carbocycles. The number of rotatable bonds is 4. The number of hydrogen-bond acceptors (Lipinski definition) is 5. The van der Waals surface area contributed by atoms with Crippen LogP contribution in [-0.4, -0.2) is 41.2 Å². The van der Waals surface area contributed by atoms with Crippen molar-refractivity contribution in [2.24, 2.45) is 0 Å². The molecule has 6 nitrogen and oxygen atoms in total. The summed E-state index contributed by atoms with van der Waals surface area (Å²) in [7, 11) is 1.47. The van der Waals surface area contributed by atoms with Gasteiger partial charge in [-0.3, -0.25) is 4.79 Å². The molecule has 1 atom stereocenters. The van der Waals surface area contributed by atoms with Crippen LogP contribution in [0.25, 0.3) is 16.9 Å². The lowest BCUT2D eigenvalue weighted by atomic mass is 10.0. The lowest BCUT2D eigenvalue weighted by Crippen LogP contribution is -2.29. The average Bonchev–Trinajstić information content (AvgIpc) is 3.49. The van der Waals surface area contributed by atoms with Crippen molar-refractivity contribution in [2.45, 2.75) is 38.0 Å². The first-order valence-electron chi connectivity index (χ1n) is 11.3. The van der Waals surface area contributed by atoms with Crippen LogP contribution in [0, 0.1) is 0 Å². The molecule has 1 unspecified atom stereocenters. The Morgan fingerprint density at radius 1 is 1.14 bits per heavy atom. The highest BCUT2D eigenvalue weighted by atomic mass is 35.5. The molecule has 0 amide bonds. The maximum absolute atomic E-state index is 14.0. The Morgan fingerprint density at radius 2 is 1.91 bits per heavy atom. The van der Waals surface area contributed by atoms with Crippen molar-refractivity contribution in [1.82, 2.24) is 9.78 Å². The fourth-order valence-electron chi connectivity index (χ4n) is 4.88. The summed E-state index contributed by atoms with van der Waals surface area (Å²) in [4.78, 5) is 15.2. The van der Waals surface area contributed by atoms with Gasteiger partial charge in [-0.2, -0.15) is 23.0 Å². The maximum Gasteiger partial charge on any atom is 0.418 e. The van der Waals surface area contributed by atoms with Gasteiger partial charge < -0.3 is 14.7 Å². The predicted octanol–water partition coefficient (Wildman–Crippen LogP) is 4.64. The summed E-state index contributed by atoms with van der Waals surface area (Å²) < 4.78 is 48.3. The van der Waals surface area contributed by atoms with Gasteiger partial charge in [0.2, 0.25) is 0 Å². The fourth-order valence-corrected chi connectivity index (χ4v) is 5.08. The first kappa shape index (κ1) is 23.7. The minimum atomic E-state index is -4.69. The second-order valence-corrected chi connectivity index (χ2v) is 9.22. The number of halogens is 4. The highest BCUT2D eigenvalue weighted by Crippen LogP contribution is 2.38. The molecule has 0 bridgehead atoms. The van der Waals surface area contributed by atoms with Gasteiger partial charge in [-0.05, 0) is 61.6 Å². The van der Waals surface area contributed by atoms with E-state index >= 15 is 0 Å². The third kappa shape index (κ3) is 4.27. The van der Waals surface area contributed by atoms with E-state index in [1.165, 1.54) is 19.2 Å². The number of fused-ring (bicyclic) bond motifs is 1. The second-order valence-electron chi connectivity index (χ2n) is 8.81. The molecule has 0 spiro atoms. The molecule has 184 valence electrons. The third-order valence-corrected chi connectivity index (χ3v) is 6.93. The van der Waals surface area contributed by atoms with Crippen LogP contribution in [0.5, 0.6) is 5.75 Å². The van der Waals surface area contributed by atoms with Crippen LogP contribution in [-0.2, 0) is 19.0 Å². The molecule has 0 saturated carbocycles. The average molecular weight is 506 g/mol. The molecule has 2 aromatic carbocycles. The zero-order chi connectivity index (χ0) is 24.9. The molecule has 35 heavy (non-hydrogen) atoms. The van der Waals surface area contributed by atoms with Gasteiger partial charge in [0, 0.05) is 29.9 Å². The molecule has 1 saturated heterocycles. The van der Waals surface area contributed by atoms with E-state index in [9.17, 15) is 23.1 Å². The fraction of sp³-hybridized carbons (Fsp3) is 0.360. The lowest BCUT2D eigenvalue weighted by molar-refractivity contribution is -0.137. The smallest absolute Gasteiger partial charge is 0.418 e. The highest BCUT2D eigenvalue weighted by Gasteiger charge is 2.36. The minimum absolute atomic E-state index is 0.313. The van der Waals surface area contributed by atoms with Crippen LogP contribution < -0.4 is 15.2 Å². The Balaban J connectivity index is 1.74. The van der Waals surface area contributed by atoms with E-state index < -0.39 is 23.4 Å². The number of hydrogen-bond donors (Lipinski definition) is 1. The van der Waals surface area contributed by atoms with Crippen LogP contribution >= 0.6 is 11.6 Å². The van der Waals surface area contributed by atoms with Gasteiger partial charge in [0.25, 0.3) is 5.56 Å². The van der Waals surface area contributed by atoms with Crippen LogP contribution in [0.4, 0.5) is 18.9 Å². The normalized spacial score (nSPS) is 17.7. The van der Waals surface area contributed by atoms with Crippen molar-refractivity contribution in [3.63, 3.8) is 0 Å². The Hall–Kier alpha value is -3.04. The summed E-state index contributed by atoms with van der Waals surface area (Å²) in [5.74, 6) is 0.404. The number of aliphatic hydroxyl groups is 1. The zero-order valence-corrected chi connectivity index (χ0v) is 19.7.